The van der Waals surface area contributed by atoms with Crippen molar-refractivity contribution in [1.29, 1.82) is 0 Å². The lowest BCUT2D eigenvalue weighted by atomic mass is 9.94. The van der Waals surface area contributed by atoms with Crippen LogP contribution in [0.1, 0.15) is 64.2 Å². The summed E-state index contributed by atoms with van der Waals surface area (Å²) < 4.78 is 4.89. The molecule has 28 heavy (non-hydrogen) atoms. The van der Waals surface area contributed by atoms with Gasteiger partial charge >= 0.3 is 5.97 Å². The Morgan fingerprint density at radius 3 is 2.25 bits per heavy atom. The summed E-state index contributed by atoms with van der Waals surface area (Å²) in [5.74, 6) is -2.34. The number of aliphatic carboxylic acids is 1. The Morgan fingerprint density at radius 1 is 0.964 bits per heavy atom. The van der Waals surface area contributed by atoms with Crippen LogP contribution in [0.2, 0.25) is 0 Å². The van der Waals surface area contributed by atoms with Crippen LogP contribution in [0.15, 0.2) is 47.5 Å². The van der Waals surface area contributed by atoms with E-state index in [1.54, 1.807) is 6.08 Å². The van der Waals surface area contributed by atoms with Crippen LogP contribution in [0, 0.1) is 0 Å². The number of unbranched alkanes of at least 4 members (excludes halogenated alkanes) is 7. The van der Waals surface area contributed by atoms with Gasteiger partial charge in [0, 0.05) is 17.7 Å². The number of methoxy groups -OCH3 is 1. The SMILES string of the molecule is COC1=CC(=O)C(O)=C(CCCCCCCC=CCCCC=CC(=O)O)C1=O. The van der Waals surface area contributed by atoms with Crippen LogP contribution in [0.5, 0.6) is 0 Å². The van der Waals surface area contributed by atoms with Crippen LogP contribution in [0.25, 0.3) is 0 Å². The number of carbonyl (C=O) groups excluding carboxylic acids is 2. The maximum absolute atomic E-state index is 12.1. The number of carboxylic acids is 1. The summed E-state index contributed by atoms with van der Waals surface area (Å²) >= 11 is 0. The van der Waals surface area contributed by atoms with Crippen molar-refractivity contribution in [2.24, 2.45) is 0 Å². The van der Waals surface area contributed by atoms with E-state index in [1.807, 2.05) is 0 Å². The Bertz CT molecular complexity index is 667. The molecule has 2 N–H and O–H groups in total. The molecule has 0 aliphatic heterocycles. The first-order valence-corrected chi connectivity index (χ1v) is 9.78. The van der Waals surface area contributed by atoms with Crippen molar-refractivity contribution < 1.29 is 29.3 Å². The largest absolute Gasteiger partial charge is 0.504 e. The predicted octanol–water partition coefficient (Wildman–Crippen LogP) is 4.58. The van der Waals surface area contributed by atoms with Gasteiger partial charge in [-0.3, -0.25) is 9.59 Å². The number of hydrogen-bond donors (Lipinski definition) is 2. The Balaban J connectivity index is 2.08. The molecule has 0 unspecified atom stereocenters. The number of aliphatic hydroxyl groups excluding tert-OH is 1. The number of hydrogen-bond acceptors (Lipinski definition) is 5. The van der Waals surface area contributed by atoms with Crippen molar-refractivity contribution in [1.82, 2.24) is 0 Å². The zero-order valence-electron chi connectivity index (χ0n) is 16.5. The van der Waals surface area contributed by atoms with Crippen molar-refractivity contribution in [2.45, 2.75) is 64.2 Å². The topological polar surface area (TPSA) is 101 Å². The Morgan fingerprint density at radius 2 is 1.57 bits per heavy atom. The van der Waals surface area contributed by atoms with Crippen LogP contribution in [0.4, 0.5) is 0 Å². The average Bonchev–Trinajstić information content (AvgIpc) is 2.67. The van der Waals surface area contributed by atoms with Gasteiger partial charge in [0.1, 0.15) is 0 Å². The third kappa shape index (κ3) is 8.84. The van der Waals surface area contributed by atoms with Gasteiger partial charge in [-0.2, -0.15) is 0 Å². The van der Waals surface area contributed by atoms with Gasteiger partial charge in [0.25, 0.3) is 0 Å². The van der Waals surface area contributed by atoms with E-state index in [1.165, 1.54) is 13.2 Å². The fraction of sp³-hybridized carbons (Fsp3) is 0.500. The molecule has 1 rings (SSSR count). The second-order valence-corrected chi connectivity index (χ2v) is 6.68. The van der Waals surface area contributed by atoms with Crippen molar-refractivity contribution >= 4 is 17.5 Å². The van der Waals surface area contributed by atoms with Crippen LogP contribution in [0.3, 0.4) is 0 Å². The molecule has 0 amide bonds. The molecule has 1 aliphatic carbocycles. The summed E-state index contributed by atoms with van der Waals surface area (Å²) in [6, 6.07) is 0. The summed E-state index contributed by atoms with van der Waals surface area (Å²) in [6.45, 7) is 0. The van der Waals surface area contributed by atoms with Gasteiger partial charge in [0.05, 0.1) is 7.11 Å². The molecule has 0 aromatic rings. The predicted molar refractivity (Wildman–Crippen MR) is 107 cm³/mol. The molecule has 0 saturated carbocycles. The van der Waals surface area contributed by atoms with Crippen LogP contribution in [-0.2, 0) is 19.1 Å². The van der Waals surface area contributed by atoms with E-state index in [9.17, 15) is 19.5 Å². The maximum atomic E-state index is 12.1. The van der Waals surface area contributed by atoms with Crippen molar-refractivity contribution in [3.63, 3.8) is 0 Å². The van der Waals surface area contributed by atoms with Gasteiger partial charge in [-0.1, -0.05) is 37.5 Å². The fourth-order valence-corrected chi connectivity index (χ4v) is 2.91. The normalized spacial score (nSPS) is 15.0. The number of carbonyl (C=O) groups is 3. The van der Waals surface area contributed by atoms with E-state index >= 15 is 0 Å². The number of rotatable bonds is 14. The third-order valence-corrected chi connectivity index (χ3v) is 4.47. The summed E-state index contributed by atoms with van der Waals surface area (Å²) in [5, 5.41) is 18.3. The number of ketones is 2. The Hall–Kier alpha value is -2.63. The molecule has 0 atom stereocenters. The molecule has 154 valence electrons. The fourth-order valence-electron chi connectivity index (χ4n) is 2.91. The molecule has 0 heterocycles. The minimum atomic E-state index is -0.903. The summed E-state index contributed by atoms with van der Waals surface area (Å²) in [6.07, 6.45) is 17.2. The van der Waals surface area contributed by atoms with Gasteiger partial charge < -0.3 is 14.9 Å². The lowest BCUT2D eigenvalue weighted by Crippen LogP contribution is -2.20. The number of Topliss-reactive ketones (excluding diaryl/α,β-unsaturated/α-hetero) is 1. The zero-order valence-corrected chi connectivity index (χ0v) is 16.5. The number of allylic oxidation sites excluding steroid dienone is 5. The molecule has 0 bridgehead atoms. The highest BCUT2D eigenvalue weighted by Crippen LogP contribution is 2.23. The van der Waals surface area contributed by atoms with Gasteiger partial charge in [-0.25, -0.2) is 4.79 Å². The zero-order chi connectivity index (χ0) is 20.8. The lowest BCUT2D eigenvalue weighted by Gasteiger charge is -2.14. The monoisotopic (exact) mass is 390 g/mol. The molecule has 0 aromatic carbocycles. The van der Waals surface area contributed by atoms with Crippen LogP contribution in [-0.4, -0.2) is 34.9 Å². The summed E-state index contributed by atoms with van der Waals surface area (Å²) in [4.78, 5) is 34.0. The Labute approximate surface area is 166 Å². The average molecular weight is 390 g/mol. The minimum Gasteiger partial charge on any atom is -0.504 e. The van der Waals surface area contributed by atoms with Gasteiger partial charge in [0.2, 0.25) is 11.6 Å². The number of carboxylic acid groups (broad SMARTS) is 1. The highest BCUT2D eigenvalue weighted by Gasteiger charge is 2.28. The first kappa shape index (κ1) is 23.4. The van der Waals surface area contributed by atoms with E-state index in [0.29, 0.717) is 6.42 Å². The van der Waals surface area contributed by atoms with Gasteiger partial charge in [-0.05, 0) is 44.9 Å². The Kier molecular flexibility index (Phi) is 11.3. The smallest absolute Gasteiger partial charge is 0.327 e. The van der Waals surface area contributed by atoms with E-state index in [2.05, 4.69) is 12.2 Å². The highest BCUT2D eigenvalue weighted by atomic mass is 16.5. The molecule has 0 spiro atoms. The molecule has 0 saturated heterocycles. The van der Waals surface area contributed by atoms with Crippen LogP contribution < -0.4 is 0 Å². The minimum absolute atomic E-state index is 0.0116. The standard InChI is InChI=1S/C22H30O6/c1-28-19-16-18(23)21(26)17(22(19)27)14-12-10-8-6-4-2-3-5-7-9-11-13-15-20(24)25/h3,5,13,15-16,26H,2,4,6-12,14H2,1H3,(H,24,25). The first-order chi connectivity index (χ1) is 13.5. The van der Waals surface area contributed by atoms with Gasteiger partial charge in [0.15, 0.2) is 11.5 Å². The molecule has 6 heteroatoms. The van der Waals surface area contributed by atoms with Crippen molar-refractivity contribution in [2.75, 3.05) is 7.11 Å². The molecular formula is C22H30O6. The maximum Gasteiger partial charge on any atom is 0.327 e. The molecule has 0 fully saturated rings. The van der Waals surface area contributed by atoms with E-state index in [4.69, 9.17) is 9.84 Å². The second kappa shape index (κ2) is 13.5. The third-order valence-electron chi connectivity index (χ3n) is 4.47. The molecule has 0 radical (unpaired) electrons. The van der Waals surface area contributed by atoms with E-state index < -0.39 is 23.3 Å². The van der Waals surface area contributed by atoms with Gasteiger partial charge in [-0.15, -0.1) is 0 Å². The van der Waals surface area contributed by atoms with Crippen LogP contribution >= 0.6 is 0 Å². The summed E-state index contributed by atoms with van der Waals surface area (Å²) in [7, 11) is 1.34. The second-order valence-electron chi connectivity index (χ2n) is 6.68. The number of aliphatic hydroxyl groups is 1. The molecule has 6 nitrogen and oxygen atoms in total. The van der Waals surface area contributed by atoms with E-state index in [-0.39, 0.29) is 11.3 Å². The summed E-state index contributed by atoms with van der Waals surface area (Å²) in [5.41, 5.74) is 0.158. The number of ether oxygens (including phenoxy) is 1. The van der Waals surface area contributed by atoms with Crippen molar-refractivity contribution in [3.05, 3.63) is 47.5 Å². The highest BCUT2D eigenvalue weighted by molar-refractivity contribution is 6.20. The first-order valence-electron chi connectivity index (χ1n) is 9.78. The quantitative estimate of drug-likeness (QED) is 0.195. The molecule has 0 aromatic heterocycles. The van der Waals surface area contributed by atoms with E-state index in [0.717, 1.165) is 63.9 Å². The molecule has 1 aliphatic rings. The lowest BCUT2D eigenvalue weighted by molar-refractivity contribution is -0.131. The molecular weight excluding hydrogens is 360 g/mol. The van der Waals surface area contributed by atoms with Crippen molar-refractivity contribution in [3.8, 4) is 0 Å².